The third-order valence-corrected chi connectivity index (χ3v) is 5.93. The van der Waals surface area contributed by atoms with Crippen LogP contribution in [-0.2, 0) is 28.7 Å². The van der Waals surface area contributed by atoms with E-state index in [2.05, 4.69) is 17.2 Å². The molecular weight excluding hydrogens is 436 g/mol. The fourth-order valence-corrected chi connectivity index (χ4v) is 3.74. The molecule has 3 amide bonds. The summed E-state index contributed by atoms with van der Waals surface area (Å²) in [5, 5.41) is 2.96. The molecule has 1 aliphatic carbocycles. The first kappa shape index (κ1) is 27.6. The van der Waals surface area contributed by atoms with E-state index in [1.165, 1.54) is 17.1 Å². The van der Waals surface area contributed by atoms with E-state index in [0.717, 1.165) is 32.1 Å². The summed E-state index contributed by atoms with van der Waals surface area (Å²) in [5.41, 5.74) is -1.05. The number of carbonyl (C=O) groups excluding carboxylic acids is 4. The Bertz CT molecular complexity index is 831. The fraction of sp³-hybridized carbons (Fsp3) is 0.692. The molecule has 8 heteroatoms. The molecule has 0 bridgehead atoms. The minimum atomic E-state index is -0.532. The second kappa shape index (κ2) is 12.7. The second-order valence-corrected chi connectivity index (χ2v) is 10.1. The Morgan fingerprint density at radius 1 is 1.03 bits per heavy atom. The van der Waals surface area contributed by atoms with Gasteiger partial charge in [-0.25, -0.2) is 0 Å². The Kier molecular flexibility index (Phi) is 10.3. The van der Waals surface area contributed by atoms with Crippen LogP contribution >= 0.6 is 0 Å². The largest absolute Gasteiger partial charge is 0.462 e. The Labute approximate surface area is 202 Å². The summed E-state index contributed by atoms with van der Waals surface area (Å²) in [6, 6.07) is 0. The van der Waals surface area contributed by atoms with Gasteiger partial charge in [0.05, 0.1) is 12.0 Å². The lowest BCUT2D eigenvalue weighted by Crippen LogP contribution is -2.45. The number of hydrogen-bond acceptors (Lipinski definition) is 6. The summed E-state index contributed by atoms with van der Waals surface area (Å²) < 4.78 is 11.5. The van der Waals surface area contributed by atoms with Gasteiger partial charge in [-0.3, -0.25) is 24.1 Å². The van der Waals surface area contributed by atoms with Crippen molar-refractivity contribution in [1.82, 2.24) is 10.2 Å². The molecule has 0 aromatic carbocycles. The summed E-state index contributed by atoms with van der Waals surface area (Å²) >= 11 is 0. The summed E-state index contributed by atoms with van der Waals surface area (Å²) in [4.78, 5) is 49.1. The average molecular weight is 475 g/mol. The second-order valence-electron chi connectivity index (χ2n) is 10.1. The maximum absolute atomic E-state index is 12.4. The molecule has 1 heterocycles. The van der Waals surface area contributed by atoms with Gasteiger partial charge in [0, 0.05) is 50.1 Å². The molecule has 0 saturated heterocycles. The van der Waals surface area contributed by atoms with Crippen molar-refractivity contribution in [1.29, 1.82) is 0 Å². The van der Waals surface area contributed by atoms with E-state index in [0.29, 0.717) is 26.0 Å². The number of nitrogens with one attached hydrogen (secondary N) is 1. The zero-order valence-corrected chi connectivity index (χ0v) is 20.9. The molecule has 2 rings (SSSR count). The van der Waals surface area contributed by atoms with E-state index < -0.39 is 11.1 Å². The number of hydrogen-bond donors (Lipinski definition) is 1. The highest BCUT2D eigenvalue weighted by molar-refractivity contribution is 6.12. The van der Waals surface area contributed by atoms with Gasteiger partial charge in [0.2, 0.25) is 5.91 Å². The molecule has 8 nitrogen and oxygen atoms in total. The van der Waals surface area contributed by atoms with Crippen LogP contribution in [0.3, 0.4) is 0 Å². The minimum absolute atomic E-state index is 0.0520. The smallest absolute Gasteiger partial charge is 0.306 e. The molecule has 34 heavy (non-hydrogen) atoms. The molecule has 0 radical (unpaired) electrons. The van der Waals surface area contributed by atoms with E-state index >= 15 is 0 Å². The van der Waals surface area contributed by atoms with Crippen LogP contribution in [0.2, 0.25) is 0 Å². The van der Waals surface area contributed by atoms with Gasteiger partial charge < -0.3 is 14.8 Å². The molecule has 0 fully saturated rings. The monoisotopic (exact) mass is 474 g/mol. The number of esters is 1. The van der Waals surface area contributed by atoms with Crippen molar-refractivity contribution in [3.8, 4) is 11.8 Å². The van der Waals surface area contributed by atoms with Crippen molar-refractivity contribution in [2.45, 2.75) is 103 Å². The zero-order valence-electron chi connectivity index (χ0n) is 20.9. The number of rotatable bonds is 12. The molecular formula is C26H38N2O6. The van der Waals surface area contributed by atoms with Crippen LogP contribution in [0, 0.1) is 11.8 Å². The summed E-state index contributed by atoms with van der Waals surface area (Å²) in [6.45, 7) is 8.32. The minimum Gasteiger partial charge on any atom is -0.462 e. The van der Waals surface area contributed by atoms with Gasteiger partial charge in [0.25, 0.3) is 11.8 Å². The van der Waals surface area contributed by atoms with E-state index in [1.807, 2.05) is 27.7 Å². The van der Waals surface area contributed by atoms with Gasteiger partial charge in [-0.15, -0.1) is 11.8 Å². The standard InChI is InChI=1S/C26H38N2O6/c1-25(2,17-19-33-26(3,4)16-18-28-22(30)13-14-23(28)31)27-21(29)12-15-24(32)34-20-10-8-6-5-7-9-11-20/h13-14,20H,6,8-12,15-19H2,1-4H3,(H,27,29). The van der Waals surface area contributed by atoms with E-state index in [4.69, 9.17) is 9.47 Å². The lowest BCUT2D eigenvalue weighted by molar-refractivity contribution is -0.151. The van der Waals surface area contributed by atoms with E-state index in [-0.39, 0.29) is 42.6 Å². The van der Waals surface area contributed by atoms with Crippen LogP contribution in [-0.4, -0.2) is 59.0 Å². The highest BCUT2D eigenvalue weighted by Crippen LogP contribution is 2.19. The topological polar surface area (TPSA) is 102 Å². The van der Waals surface area contributed by atoms with Gasteiger partial charge in [-0.2, -0.15) is 0 Å². The number of carbonyl (C=O) groups is 4. The molecule has 188 valence electrons. The van der Waals surface area contributed by atoms with Crippen molar-refractivity contribution < 1.29 is 28.7 Å². The van der Waals surface area contributed by atoms with Crippen LogP contribution in [0.4, 0.5) is 0 Å². The Balaban J connectivity index is 1.65. The third-order valence-electron chi connectivity index (χ3n) is 5.93. The van der Waals surface area contributed by atoms with Crippen molar-refractivity contribution in [3.63, 3.8) is 0 Å². The summed E-state index contributed by atoms with van der Waals surface area (Å²) in [7, 11) is 0. The fourth-order valence-electron chi connectivity index (χ4n) is 3.74. The van der Waals surface area contributed by atoms with Crippen molar-refractivity contribution in [2.75, 3.05) is 13.2 Å². The summed E-state index contributed by atoms with van der Waals surface area (Å²) in [6.07, 6.45) is 7.69. The van der Waals surface area contributed by atoms with Crippen LogP contribution < -0.4 is 5.32 Å². The van der Waals surface area contributed by atoms with Gasteiger partial charge in [0.15, 0.2) is 0 Å². The lowest BCUT2D eigenvalue weighted by atomic mass is 10.00. The quantitative estimate of drug-likeness (QED) is 0.265. The molecule has 1 unspecified atom stereocenters. The van der Waals surface area contributed by atoms with Crippen LogP contribution in [0.15, 0.2) is 12.2 Å². The summed E-state index contributed by atoms with van der Waals surface area (Å²) in [5.74, 6) is 5.01. The first-order chi connectivity index (χ1) is 16.0. The predicted molar refractivity (Wildman–Crippen MR) is 127 cm³/mol. The highest BCUT2D eigenvalue weighted by Gasteiger charge is 2.28. The first-order valence-corrected chi connectivity index (χ1v) is 12.1. The van der Waals surface area contributed by atoms with Crippen molar-refractivity contribution in [3.05, 3.63) is 12.2 Å². The molecule has 0 aromatic heterocycles. The molecule has 0 aromatic rings. The average Bonchev–Trinajstić information content (AvgIpc) is 3.03. The van der Waals surface area contributed by atoms with Gasteiger partial charge in [-0.05, 0) is 59.8 Å². The molecule has 0 spiro atoms. The molecule has 1 aliphatic heterocycles. The maximum atomic E-state index is 12.4. The van der Waals surface area contributed by atoms with E-state index in [9.17, 15) is 19.2 Å². The molecule has 0 saturated carbocycles. The van der Waals surface area contributed by atoms with Crippen LogP contribution in [0.1, 0.15) is 85.5 Å². The van der Waals surface area contributed by atoms with E-state index in [1.54, 1.807) is 0 Å². The highest BCUT2D eigenvalue weighted by atomic mass is 16.5. The number of ether oxygens (including phenoxy) is 2. The lowest BCUT2D eigenvalue weighted by Gasteiger charge is -2.31. The normalized spacial score (nSPS) is 18.7. The van der Waals surface area contributed by atoms with Gasteiger partial charge in [0.1, 0.15) is 6.10 Å². The maximum Gasteiger partial charge on any atom is 0.306 e. The number of amides is 3. The molecule has 1 atom stereocenters. The number of nitrogens with zero attached hydrogens (tertiary/aromatic N) is 1. The first-order valence-electron chi connectivity index (χ1n) is 12.1. The van der Waals surface area contributed by atoms with Crippen LogP contribution in [0.25, 0.3) is 0 Å². The van der Waals surface area contributed by atoms with Gasteiger partial charge >= 0.3 is 5.97 Å². The van der Waals surface area contributed by atoms with Crippen LogP contribution in [0.5, 0.6) is 0 Å². The Hall–Kier alpha value is -2.66. The Morgan fingerprint density at radius 2 is 1.71 bits per heavy atom. The molecule has 2 aliphatic rings. The zero-order chi connectivity index (χ0) is 25.2. The SMILES string of the molecule is CC(C)(CCOC(C)(C)CCN1C(=O)C=CC1=O)NC(=O)CCC(=O)OC1CCC#CCCC1. The predicted octanol–water partition coefficient (Wildman–Crippen LogP) is 3.04. The Morgan fingerprint density at radius 3 is 2.41 bits per heavy atom. The third kappa shape index (κ3) is 10.1. The van der Waals surface area contributed by atoms with Crippen molar-refractivity contribution >= 4 is 23.7 Å². The molecule has 1 N–H and O–H groups in total. The van der Waals surface area contributed by atoms with Gasteiger partial charge in [-0.1, -0.05) is 0 Å². The number of imide groups is 1. The van der Waals surface area contributed by atoms with Crippen molar-refractivity contribution in [2.24, 2.45) is 0 Å².